The summed E-state index contributed by atoms with van der Waals surface area (Å²) in [7, 11) is 1.46. The molecular weight excluding hydrogens is 290 g/mol. The number of nitrogens with one attached hydrogen (secondary N) is 1. The molecule has 0 unspecified atom stereocenters. The van der Waals surface area contributed by atoms with E-state index in [9.17, 15) is 4.79 Å². The second kappa shape index (κ2) is 6.16. The van der Waals surface area contributed by atoms with E-state index in [0.717, 1.165) is 0 Å². The number of benzene rings is 2. The van der Waals surface area contributed by atoms with Crippen LogP contribution in [-0.2, 0) is 0 Å². The van der Waals surface area contributed by atoms with Crippen LogP contribution in [0.3, 0.4) is 0 Å². The molecule has 0 radical (unpaired) electrons. The van der Waals surface area contributed by atoms with Crippen molar-refractivity contribution in [3.05, 3.63) is 52.5 Å². The molecule has 2 rings (SSSR count). The minimum Gasteiger partial charge on any atom is -0.496 e. The molecule has 0 aromatic heterocycles. The first-order valence-electron chi connectivity index (χ1n) is 5.99. The summed E-state index contributed by atoms with van der Waals surface area (Å²) in [4.78, 5) is 12.3. The first-order valence-corrected chi connectivity index (χ1v) is 6.37. The number of nitrogens with two attached hydrogens (primary N) is 1. The summed E-state index contributed by atoms with van der Waals surface area (Å²) < 4.78 is 5.13. The molecule has 3 N–H and O–H groups in total. The van der Waals surface area contributed by atoms with Crippen molar-refractivity contribution in [2.24, 2.45) is 0 Å². The molecule has 0 spiro atoms. The van der Waals surface area contributed by atoms with Gasteiger partial charge in [0.25, 0.3) is 5.91 Å². The van der Waals surface area contributed by atoms with E-state index in [4.69, 9.17) is 27.3 Å². The quantitative estimate of drug-likeness (QED) is 0.853. The summed E-state index contributed by atoms with van der Waals surface area (Å²) in [5.41, 5.74) is 7.16. The smallest absolute Gasteiger partial charge is 0.259 e. The maximum absolute atomic E-state index is 12.3. The molecule has 106 valence electrons. The lowest BCUT2D eigenvalue weighted by Crippen LogP contribution is -2.14. The van der Waals surface area contributed by atoms with Crippen LogP contribution >= 0.6 is 11.6 Å². The molecule has 0 fully saturated rings. The van der Waals surface area contributed by atoms with Crippen LogP contribution in [0.25, 0.3) is 0 Å². The Bertz CT molecular complexity index is 738. The van der Waals surface area contributed by atoms with Crippen molar-refractivity contribution in [1.82, 2.24) is 0 Å². The molecule has 6 heteroatoms. The predicted octanol–water partition coefficient (Wildman–Crippen LogP) is 3.05. The number of nitriles is 1. The van der Waals surface area contributed by atoms with E-state index in [2.05, 4.69) is 5.32 Å². The number of ether oxygens (including phenoxy) is 1. The zero-order valence-electron chi connectivity index (χ0n) is 11.2. The minimum atomic E-state index is -0.420. The standard InChI is InChI=1S/C15H12ClN3O2/c1-21-14-5-3-10(18)7-11(14)15(20)19-13-6-9(8-17)2-4-12(13)16/h2-7H,18H2,1H3,(H,19,20). The monoisotopic (exact) mass is 301 g/mol. The number of hydrogen-bond donors (Lipinski definition) is 2. The minimum absolute atomic E-state index is 0.288. The van der Waals surface area contributed by atoms with Crippen molar-refractivity contribution in [3.63, 3.8) is 0 Å². The highest BCUT2D eigenvalue weighted by Gasteiger charge is 2.14. The SMILES string of the molecule is COc1ccc(N)cc1C(=O)Nc1cc(C#N)ccc1Cl. The van der Waals surface area contributed by atoms with Gasteiger partial charge in [-0.25, -0.2) is 0 Å². The predicted molar refractivity (Wildman–Crippen MR) is 81.5 cm³/mol. The Hall–Kier alpha value is -2.71. The molecule has 0 saturated heterocycles. The summed E-state index contributed by atoms with van der Waals surface area (Å²) in [6.45, 7) is 0. The number of anilines is 2. The summed E-state index contributed by atoms with van der Waals surface area (Å²) >= 11 is 6.01. The number of carbonyl (C=O) groups excluding carboxylic acids is 1. The van der Waals surface area contributed by atoms with Gasteiger partial charge < -0.3 is 15.8 Å². The number of nitrogen functional groups attached to an aromatic ring is 1. The highest BCUT2D eigenvalue weighted by atomic mass is 35.5. The molecule has 0 aliphatic rings. The Morgan fingerprint density at radius 3 is 2.76 bits per heavy atom. The van der Waals surface area contributed by atoms with Crippen molar-refractivity contribution >= 4 is 28.9 Å². The molecule has 2 aromatic rings. The van der Waals surface area contributed by atoms with Crippen molar-refractivity contribution < 1.29 is 9.53 Å². The molecule has 0 bridgehead atoms. The van der Waals surface area contributed by atoms with E-state index in [1.807, 2.05) is 6.07 Å². The molecule has 2 aromatic carbocycles. The van der Waals surface area contributed by atoms with Crippen LogP contribution in [0.2, 0.25) is 5.02 Å². The molecule has 0 heterocycles. The van der Waals surface area contributed by atoms with E-state index < -0.39 is 5.91 Å². The van der Waals surface area contributed by atoms with Crippen molar-refractivity contribution in [2.45, 2.75) is 0 Å². The number of nitrogens with zero attached hydrogens (tertiary/aromatic N) is 1. The fourth-order valence-corrected chi connectivity index (χ4v) is 1.95. The van der Waals surface area contributed by atoms with E-state index in [1.54, 1.807) is 24.3 Å². The third-order valence-electron chi connectivity index (χ3n) is 2.81. The fourth-order valence-electron chi connectivity index (χ4n) is 1.78. The lowest BCUT2D eigenvalue weighted by atomic mass is 10.1. The Labute approximate surface area is 126 Å². The normalized spacial score (nSPS) is 9.76. The van der Waals surface area contributed by atoms with Gasteiger partial charge in [-0.1, -0.05) is 11.6 Å². The van der Waals surface area contributed by atoms with Gasteiger partial charge in [0.15, 0.2) is 0 Å². The number of rotatable bonds is 3. The second-order valence-electron chi connectivity index (χ2n) is 4.22. The maximum atomic E-state index is 12.3. The number of hydrogen-bond acceptors (Lipinski definition) is 4. The van der Waals surface area contributed by atoms with Gasteiger partial charge in [-0.05, 0) is 36.4 Å². The van der Waals surface area contributed by atoms with Gasteiger partial charge in [0.1, 0.15) is 5.75 Å². The molecule has 21 heavy (non-hydrogen) atoms. The van der Waals surface area contributed by atoms with Gasteiger partial charge in [-0.15, -0.1) is 0 Å². The van der Waals surface area contributed by atoms with Gasteiger partial charge in [-0.3, -0.25) is 4.79 Å². The van der Waals surface area contributed by atoms with Crippen LogP contribution in [0.1, 0.15) is 15.9 Å². The van der Waals surface area contributed by atoms with Crippen LogP contribution in [0.5, 0.6) is 5.75 Å². The van der Waals surface area contributed by atoms with Crippen molar-refractivity contribution in [2.75, 3.05) is 18.2 Å². The van der Waals surface area contributed by atoms with Crippen molar-refractivity contribution in [1.29, 1.82) is 5.26 Å². The number of halogens is 1. The highest BCUT2D eigenvalue weighted by molar-refractivity contribution is 6.34. The highest BCUT2D eigenvalue weighted by Crippen LogP contribution is 2.26. The Kier molecular flexibility index (Phi) is 4.31. The zero-order valence-corrected chi connectivity index (χ0v) is 11.9. The van der Waals surface area contributed by atoms with Gasteiger partial charge >= 0.3 is 0 Å². The first-order chi connectivity index (χ1) is 10.0. The number of methoxy groups -OCH3 is 1. The molecule has 0 atom stereocenters. The van der Waals surface area contributed by atoms with Gasteiger partial charge in [0, 0.05) is 5.69 Å². The van der Waals surface area contributed by atoms with Crippen LogP contribution in [0, 0.1) is 11.3 Å². The fraction of sp³-hybridized carbons (Fsp3) is 0.0667. The van der Waals surface area contributed by atoms with Crippen LogP contribution in [0.15, 0.2) is 36.4 Å². The lowest BCUT2D eigenvalue weighted by Gasteiger charge is -2.11. The number of carbonyl (C=O) groups is 1. The van der Waals surface area contributed by atoms with Crippen LogP contribution in [-0.4, -0.2) is 13.0 Å². The van der Waals surface area contributed by atoms with E-state index >= 15 is 0 Å². The zero-order chi connectivity index (χ0) is 15.4. The van der Waals surface area contributed by atoms with Crippen LogP contribution < -0.4 is 15.8 Å². The molecule has 5 nitrogen and oxygen atoms in total. The summed E-state index contributed by atoms with van der Waals surface area (Å²) in [5.74, 6) is -0.0228. The van der Waals surface area contributed by atoms with Crippen LogP contribution in [0.4, 0.5) is 11.4 Å². The molecule has 0 aliphatic heterocycles. The Balaban J connectivity index is 2.35. The summed E-state index contributed by atoms with van der Waals surface area (Å²) in [6, 6.07) is 11.4. The van der Waals surface area contributed by atoms with Gasteiger partial charge in [0.05, 0.1) is 35.0 Å². The van der Waals surface area contributed by atoms with Gasteiger partial charge in [0.2, 0.25) is 0 Å². The van der Waals surface area contributed by atoms with E-state index in [1.165, 1.54) is 19.2 Å². The molecule has 0 saturated carbocycles. The average molecular weight is 302 g/mol. The average Bonchev–Trinajstić information content (AvgIpc) is 2.49. The van der Waals surface area contributed by atoms with E-state index in [0.29, 0.717) is 27.7 Å². The summed E-state index contributed by atoms with van der Waals surface area (Å²) in [5, 5.41) is 11.9. The first kappa shape index (κ1) is 14.7. The maximum Gasteiger partial charge on any atom is 0.259 e. The second-order valence-corrected chi connectivity index (χ2v) is 4.63. The third-order valence-corrected chi connectivity index (χ3v) is 3.14. The number of amides is 1. The van der Waals surface area contributed by atoms with Crippen molar-refractivity contribution in [3.8, 4) is 11.8 Å². The topological polar surface area (TPSA) is 88.1 Å². The lowest BCUT2D eigenvalue weighted by molar-refractivity contribution is 0.102. The molecular formula is C15H12ClN3O2. The molecule has 0 aliphatic carbocycles. The third kappa shape index (κ3) is 3.25. The Morgan fingerprint density at radius 1 is 1.33 bits per heavy atom. The molecule has 1 amide bonds. The van der Waals surface area contributed by atoms with Gasteiger partial charge in [-0.2, -0.15) is 5.26 Å². The van der Waals surface area contributed by atoms with E-state index in [-0.39, 0.29) is 5.56 Å². The summed E-state index contributed by atoms with van der Waals surface area (Å²) in [6.07, 6.45) is 0. The largest absolute Gasteiger partial charge is 0.496 e. The Morgan fingerprint density at radius 2 is 2.10 bits per heavy atom.